The van der Waals surface area contributed by atoms with Gasteiger partial charge in [0, 0.05) is 26.2 Å². The van der Waals surface area contributed by atoms with Gasteiger partial charge in [-0.25, -0.2) is 101 Å². The molecule has 4 heterocycles. The third kappa shape index (κ3) is 30.0. The summed E-state index contributed by atoms with van der Waals surface area (Å²) in [6.45, 7) is 51.6. The van der Waals surface area contributed by atoms with Gasteiger partial charge in [-0.15, -0.1) is 0 Å². The maximum atomic E-state index is 14.4. The molecule has 8 aromatic rings. The Bertz CT molecular complexity index is 4810. The molecule has 38 heteroatoms. The molecule has 26 nitrogen and oxygen atoms in total. The second kappa shape index (κ2) is 42.4. The number of nitrogens with zero attached hydrogens (tertiary/aromatic N) is 10. The normalized spacial score (nSPS) is 15.0. The minimum absolute atomic E-state index is 0.118. The first-order chi connectivity index (χ1) is 55.8. The van der Waals surface area contributed by atoms with Gasteiger partial charge in [0.2, 0.25) is 40.1 Å². The Hall–Kier alpha value is -7.13. The van der Waals surface area contributed by atoms with Crippen LogP contribution in [0.1, 0.15) is 192 Å². The van der Waals surface area contributed by atoms with Gasteiger partial charge < -0.3 is 27.2 Å². The molecular formula is C84H128F4N12O14S4Si4. The van der Waals surface area contributed by atoms with Crippen molar-refractivity contribution in [3.05, 3.63) is 227 Å². The van der Waals surface area contributed by atoms with E-state index in [4.69, 9.17) is 37.5 Å². The van der Waals surface area contributed by atoms with Crippen LogP contribution in [0, 0.1) is 37.1 Å². The Morgan fingerprint density at radius 3 is 0.664 bits per heavy atom. The first-order valence-electron chi connectivity index (χ1n) is 39.8. The van der Waals surface area contributed by atoms with Crippen LogP contribution in [0.4, 0.5) is 17.6 Å². The molecule has 0 aliphatic rings. The fraction of sp³-hybridized carbons (Fsp3) is 0.524. The van der Waals surface area contributed by atoms with Gasteiger partial charge in [0.1, 0.15) is 56.9 Å². The van der Waals surface area contributed by atoms with Crippen LogP contribution < -0.4 is 19.8 Å². The van der Waals surface area contributed by atoms with Gasteiger partial charge in [-0.05, 0) is 161 Å². The lowest BCUT2D eigenvalue weighted by Crippen LogP contribution is -2.47. The molecule has 0 aliphatic heterocycles. The van der Waals surface area contributed by atoms with E-state index >= 15 is 0 Å². The number of sulfonamides is 4. The third-order valence-corrected chi connectivity index (χ3v) is 47.6. The summed E-state index contributed by atoms with van der Waals surface area (Å²) >= 11 is 0. The number of benzene rings is 4. The van der Waals surface area contributed by atoms with Crippen molar-refractivity contribution in [1.82, 2.24) is 48.5 Å². The lowest BCUT2D eigenvalue weighted by atomic mass is 10.1. The molecule has 0 saturated carbocycles. The molecule has 0 aliphatic carbocycles. The van der Waals surface area contributed by atoms with Crippen LogP contribution in [0.3, 0.4) is 0 Å². The van der Waals surface area contributed by atoms with E-state index in [1.165, 1.54) is 22.5 Å². The van der Waals surface area contributed by atoms with Crippen molar-refractivity contribution >= 4 is 73.4 Å². The summed E-state index contributed by atoms with van der Waals surface area (Å²) in [4.78, 5) is 32.1. The average molecular weight is 1850 g/mol. The highest BCUT2D eigenvalue weighted by Gasteiger charge is 2.49. The first kappa shape index (κ1) is 105. The maximum absolute atomic E-state index is 14.4. The Kier molecular flexibility index (Phi) is 36.7. The monoisotopic (exact) mass is 1840 g/mol. The van der Waals surface area contributed by atoms with Crippen molar-refractivity contribution < 1.29 is 78.4 Å². The summed E-state index contributed by atoms with van der Waals surface area (Å²) in [7, 11) is -22.0. The molecule has 676 valence electrons. The Morgan fingerprint density at radius 2 is 0.500 bits per heavy atom. The number of halogens is 4. The number of aromatic nitrogens is 8. The van der Waals surface area contributed by atoms with Crippen LogP contribution in [0.2, 0.25) is 72.5 Å². The van der Waals surface area contributed by atoms with E-state index in [9.17, 15) is 51.2 Å². The highest BCUT2D eigenvalue weighted by atomic mass is 32.2. The molecule has 0 amide bonds. The molecule has 8 atom stereocenters. The summed E-state index contributed by atoms with van der Waals surface area (Å²) in [5.74, 6) is -0.472. The minimum Gasteiger partial charge on any atom is -0.497 e. The number of hydrogen-bond donors (Lipinski definition) is 2. The maximum Gasteiger partial charge on any atom is 0.220 e. The molecule has 4 aromatic carbocycles. The van der Waals surface area contributed by atoms with E-state index in [2.05, 4.69) is 81.4 Å². The molecule has 122 heavy (non-hydrogen) atoms. The molecule has 0 unspecified atom stereocenters. The molecular weight excluding hydrogens is 1720 g/mol. The molecule has 8 rings (SSSR count). The van der Waals surface area contributed by atoms with E-state index in [0.717, 1.165) is 83.0 Å². The van der Waals surface area contributed by atoms with Crippen molar-refractivity contribution in [1.29, 1.82) is 0 Å². The summed E-state index contributed by atoms with van der Waals surface area (Å²) in [5.41, 5.74) is 5.55. The molecule has 0 radical (unpaired) electrons. The fourth-order valence-electron chi connectivity index (χ4n) is 10.5. The van der Waals surface area contributed by atoms with E-state index in [1.807, 2.05) is 205 Å². The van der Waals surface area contributed by atoms with E-state index in [0.29, 0.717) is 11.5 Å². The Labute approximate surface area is 726 Å². The molecule has 4 aromatic heterocycles. The Morgan fingerprint density at radius 1 is 0.328 bits per heavy atom. The van der Waals surface area contributed by atoms with Crippen molar-refractivity contribution in [3.8, 4) is 11.5 Å². The quantitative estimate of drug-likeness (QED) is 0.0292. The predicted molar refractivity (Wildman–Crippen MR) is 481 cm³/mol. The summed E-state index contributed by atoms with van der Waals surface area (Å²) in [6, 6.07) is 30.3. The topological polar surface area (TPSA) is 354 Å². The van der Waals surface area contributed by atoms with Crippen LogP contribution in [-0.2, 0) is 84.0 Å². The number of methoxy groups -OCH3 is 2. The van der Waals surface area contributed by atoms with Gasteiger partial charge in [0.15, 0.2) is 79.8 Å². The highest BCUT2D eigenvalue weighted by molar-refractivity contribution is 7.90. The molecule has 0 saturated heterocycles. The van der Waals surface area contributed by atoms with Crippen LogP contribution in [0.25, 0.3) is 0 Å². The largest absolute Gasteiger partial charge is 0.497 e. The molecule has 0 spiro atoms. The molecule has 0 bridgehead atoms. The second-order valence-corrected chi connectivity index (χ2v) is 64.0. The highest BCUT2D eigenvalue weighted by Crippen LogP contribution is 2.46. The van der Waals surface area contributed by atoms with Crippen molar-refractivity contribution in [2.24, 2.45) is 10.3 Å². The lowest BCUT2D eigenvalue weighted by molar-refractivity contribution is 0.168. The zero-order chi connectivity index (χ0) is 92.7. The second-order valence-electron chi connectivity index (χ2n) is 36.5. The summed E-state index contributed by atoms with van der Waals surface area (Å²) in [6.07, 6.45) is 4.31. The number of aryl methyl sites for hydroxylation is 2. The van der Waals surface area contributed by atoms with Gasteiger partial charge in [0.05, 0.1) is 63.8 Å². The standard InChI is InChI=1S/2C29H40FN3O4SSi.2C13H24FN3O3SSi/c2*1-21-9-11-23(12-10-21)19-33(20-24-13-15-26(36-6)16-14-24)38(34,35)22(2)27(28-31-17-25(30)18-32-28)37-39(7,8)29(3,4)5;2*1-9(21(15,18)19)11(12-16-7-10(14)8-17-12)20-22(5,6)13(2,3)4/h2*9-18,22,27H,19-20H2,1-8H3;2*7-9,11H,1-6H3,(H2,15,18,19)/t2*22-,27-;2*9-,11-/m1010/s1. The zero-order valence-corrected chi connectivity index (χ0v) is 83.1. The molecule has 4 N–H and O–H groups in total. The number of ether oxygens (including phenoxy) is 2. The van der Waals surface area contributed by atoms with E-state index in [1.54, 1.807) is 28.1 Å². The van der Waals surface area contributed by atoms with Crippen LogP contribution in [-0.4, -0.2) is 151 Å². The fourth-order valence-corrected chi connectivity index (χ4v) is 20.4. The zero-order valence-electron chi connectivity index (χ0n) is 75.8. The number of hydrogen-bond acceptors (Lipinski definition) is 22. The van der Waals surface area contributed by atoms with Crippen LogP contribution in [0.15, 0.2) is 147 Å². The van der Waals surface area contributed by atoms with Gasteiger partial charge in [-0.1, -0.05) is 167 Å². The number of rotatable bonds is 32. The van der Waals surface area contributed by atoms with Gasteiger partial charge in [0.25, 0.3) is 0 Å². The average Bonchev–Trinajstić information content (AvgIpc) is 0.775. The SMILES string of the molecule is COc1ccc(CN(Cc2ccc(C)cc2)S(=O)(=O)[C@@H](C)[C@H](O[Si](C)(C)C(C)(C)C)c2ncc(F)cn2)cc1.COc1ccc(CN(Cc2ccc(C)cc2)S(=O)(=O)[C@H](C)[C@@H](O[Si](C)(C)C(C)(C)C)c2ncc(F)cn2)cc1.C[C@@H]([C@H](O[Si](C)(C)C(C)(C)C)c1ncc(F)cn1)S(N)(=O)=O.C[C@H]([C@@H](O[Si](C)(C)C(C)(C)C)c1ncc(F)cn1)S(N)(=O)=O. The van der Waals surface area contributed by atoms with E-state index < -0.39 is 142 Å². The molecule has 0 fully saturated rings. The van der Waals surface area contributed by atoms with Gasteiger partial charge >= 0.3 is 0 Å². The van der Waals surface area contributed by atoms with Crippen molar-refractivity contribution in [3.63, 3.8) is 0 Å². The first-order valence-corrected chi connectivity index (χ1v) is 57.6. The lowest BCUT2D eigenvalue weighted by Gasteiger charge is -2.40. The number of nitrogens with two attached hydrogens (primary N) is 2. The Balaban J connectivity index is 0.000000300. The smallest absolute Gasteiger partial charge is 0.220 e. The predicted octanol–water partition coefficient (Wildman–Crippen LogP) is 17.5. The van der Waals surface area contributed by atoms with Gasteiger partial charge in [-0.3, -0.25) is 0 Å². The van der Waals surface area contributed by atoms with Crippen molar-refractivity contribution in [2.45, 2.75) is 269 Å². The van der Waals surface area contributed by atoms with Crippen LogP contribution in [0.5, 0.6) is 11.5 Å². The third-order valence-electron chi connectivity index (χ3n) is 22.9. The summed E-state index contributed by atoms with van der Waals surface area (Å²) < 4.78 is 197. The van der Waals surface area contributed by atoms with E-state index in [-0.39, 0.29) is 69.6 Å². The van der Waals surface area contributed by atoms with Gasteiger partial charge in [-0.2, -0.15) is 8.61 Å². The number of primary sulfonamides is 2. The summed E-state index contributed by atoms with van der Waals surface area (Å²) in [5, 5.41) is 5.69. The van der Waals surface area contributed by atoms with Crippen molar-refractivity contribution in [2.75, 3.05) is 14.2 Å². The minimum atomic E-state index is -3.97. The van der Waals surface area contributed by atoms with Crippen LogP contribution >= 0.6 is 0 Å².